The monoisotopic (exact) mass is 432 g/mol. The second kappa shape index (κ2) is 9.80. The standard InChI is InChI=1S/C20H28F4N4O2/c1-30-19-13(11-27-18(29)16-3-2-8-25-16)9-15(21)17(28-19)26-10-12-4-6-14(7-5-12)20(22,23)24/h9,12,14,16,25H,2-8,10-11H2,1H3,(H,26,28)(H,27,29). The van der Waals surface area contributed by atoms with E-state index in [9.17, 15) is 22.4 Å². The Kier molecular flexibility index (Phi) is 7.38. The summed E-state index contributed by atoms with van der Waals surface area (Å²) < 4.78 is 58.1. The van der Waals surface area contributed by atoms with Crippen LogP contribution in [0.5, 0.6) is 5.88 Å². The van der Waals surface area contributed by atoms with E-state index in [2.05, 4.69) is 20.9 Å². The molecule has 1 aliphatic heterocycles. The quantitative estimate of drug-likeness (QED) is 0.576. The fourth-order valence-corrected chi connectivity index (χ4v) is 4.09. The summed E-state index contributed by atoms with van der Waals surface area (Å²) >= 11 is 0. The van der Waals surface area contributed by atoms with E-state index in [1.54, 1.807) is 0 Å². The highest BCUT2D eigenvalue weighted by molar-refractivity contribution is 5.82. The second-order valence-electron chi connectivity index (χ2n) is 7.99. The number of methoxy groups -OCH3 is 1. The van der Waals surface area contributed by atoms with Crippen LogP contribution in [0.3, 0.4) is 0 Å². The van der Waals surface area contributed by atoms with E-state index in [-0.39, 0.29) is 49.0 Å². The maximum absolute atomic E-state index is 14.5. The predicted molar refractivity (Wildman–Crippen MR) is 104 cm³/mol. The molecule has 1 saturated heterocycles. The van der Waals surface area contributed by atoms with Gasteiger partial charge in [-0.15, -0.1) is 0 Å². The molecule has 0 spiro atoms. The molecule has 10 heteroatoms. The van der Waals surface area contributed by atoms with Crippen LogP contribution in [0, 0.1) is 17.7 Å². The van der Waals surface area contributed by atoms with E-state index in [4.69, 9.17) is 4.74 Å². The lowest BCUT2D eigenvalue weighted by atomic mass is 9.81. The average Bonchev–Trinajstić information content (AvgIpc) is 3.26. The van der Waals surface area contributed by atoms with Crippen LogP contribution in [0.15, 0.2) is 6.07 Å². The summed E-state index contributed by atoms with van der Waals surface area (Å²) in [5, 5.41) is 8.76. The molecule has 0 aromatic carbocycles. The molecule has 0 bridgehead atoms. The number of anilines is 1. The largest absolute Gasteiger partial charge is 0.481 e. The van der Waals surface area contributed by atoms with Crippen LogP contribution in [0.1, 0.15) is 44.1 Å². The van der Waals surface area contributed by atoms with Crippen molar-refractivity contribution in [2.24, 2.45) is 11.8 Å². The number of alkyl halides is 3. The zero-order valence-corrected chi connectivity index (χ0v) is 16.9. The molecule has 3 rings (SSSR count). The van der Waals surface area contributed by atoms with Gasteiger partial charge in [-0.25, -0.2) is 4.39 Å². The highest BCUT2D eigenvalue weighted by Gasteiger charge is 2.41. The maximum atomic E-state index is 14.5. The zero-order valence-electron chi connectivity index (χ0n) is 16.9. The number of halogens is 4. The van der Waals surface area contributed by atoms with Gasteiger partial charge in [-0.3, -0.25) is 4.79 Å². The fourth-order valence-electron chi connectivity index (χ4n) is 4.09. The summed E-state index contributed by atoms with van der Waals surface area (Å²) in [6.07, 6.45) is -1.35. The number of nitrogens with zero attached hydrogens (tertiary/aromatic N) is 1. The van der Waals surface area contributed by atoms with Gasteiger partial charge in [0, 0.05) is 18.7 Å². The number of carbonyl (C=O) groups excluding carboxylic acids is 1. The maximum Gasteiger partial charge on any atom is 0.391 e. The van der Waals surface area contributed by atoms with Crippen LogP contribution in [0.4, 0.5) is 23.4 Å². The first kappa shape index (κ1) is 22.6. The molecular formula is C20H28F4N4O2. The Morgan fingerprint density at radius 3 is 2.60 bits per heavy atom. The molecule has 2 aliphatic rings. The first-order valence-corrected chi connectivity index (χ1v) is 10.3. The van der Waals surface area contributed by atoms with Gasteiger partial charge in [-0.2, -0.15) is 18.2 Å². The summed E-state index contributed by atoms with van der Waals surface area (Å²) in [5.41, 5.74) is 0.414. The minimum Gasteiger partial charge on any atom is -0.481 e. The van der Waals surface area contributed by atoms with Gasteiger partial charge in [0.2, 0.25) is 11.8 Å². The van der Waals surface area contributed by atoms with Crippen molar-refractivity contribution in [3.63, 3.8) is 0 Å². The summed E-state index contributed by atoms with van der Waals surface area (Å²) in [4.78, 5) is 16.3. The number of ether oxygens (including phenoxy) is 1. The third-order valence-electron chi connectivity index (χ3n) is 5.91. The highest BCUT2D eigenvalue weighted by Crippen LogP contribution is 2.39. The normalized spacial score (nSPS) is 24.5. The summed E-state index contributed by atoms with van der Waals surface area (Å²) in [6.45, 7) is 1.24. The van der Waals surface area contributed by atoms with Gasteiger partial charge in [0.15, 0.2) is 11.6 Å². The Morgan fingerprint density at radius 1 is 1.27 bits per heavy atom. The van der Waals surface area contributed by atoms with Crippen molar-refractivity contribution in [1.82, 2.24) is 15.6 Å². The first-order valence-electron chi connectivity index (χ1n) is 10.3. The van der Waals surface area contributed by atoms with Crippen LogP contribution in [0.2, 0.25) is 0 Å². The molecule has 1 saturated carbocycles. The SMILES string of the molecule is COc1nc(NCC2CCC(C(F)(F)F)CC2)c(F)cc1CNC(=O)C1CCCN1. The third-order valence-corrected chi connectivity index (χ3v) is 5.91. The molecule has 168 valence electrons. The molecule has 1 aromatic heterocycles. The minimum absolute atomic E-state index is 0.00247. The van der Waals surface area contributed by atoms with Crippen LogP contribution in [-0.4, -0.2) is 43.3 Å². The minimum atomic E-state index is -4.14. The Bertz CT molecular complexity index is 730. The van der Waals surface area contributed by atoms with Crippen LogP contribution >= 0.6 is 0 Å². The zero-order chi connectivity index (χ0) is 21.7. The lowest BCUT2D eigenvalue weighted by Crippen LogP contribution is -2.40. The molecule has 1 amide bonds. The van der Waals surface area contributed by atoms with Crippen LogP contribution in [-0.2, 0) is 11.3 Å². The summed E-state index contributed by atoms with van der Waals surface area (Å²) in [5.74, 6) is -1.75. The van der Waals surface area contributed by atoms with Crippen molar-refractivity contribution in [3.05, 3.63) is 17.4 Å². The number of hydrogen-bond donors (Lipinski definition) is 3. The molecule has 2 heterocycles. The van der Waals surface area contributed by atoms with Crippen molar-refractivity contribution in [1.29, 1.82) is 0 Å². The van der Waals surface area contributed by atoms with Gasteiger partial charge in [0.25, 0.3) is 0 Å². The summed E-state index contributed by atoms with van der Waals surface area (Å²) in [7, 11) is 1.41. The number of pyridine rings is 1. The van der Waals surface area contributed by atoms with Gasteiger partial charge in [0.1, 0.15) is 0 Å². The Balaban J connectivity index is 1.54. The Morgan fingerprint density at radius 2 is 2.00 bits per heavy atom. The molecular weight excluding hydrogens is 404 g/mol. The van der Waals surface area contributed by atoms with Crippen molar-refractivity contribution >= 4 is 11.7 Å². The molecule has 1 unspecified atom stereocenters. The molecule has 1 aromatic rings. The number of rotatable bonds is 7. The van der Waals surface area contributed by atoms with E-state index in [1.807, 2.05) is 0 Å². The summed E-state index contributed by atoms with van der Waals surface area (Å²) in [6, 6.07) is 1.03. The van der Waals surface area contributed by atoms with Crippen molar-refractivity contribution in [2.45, 2.75) is 57.3 Å². The van der Waals surface area contributed by atoms with Crippen molar-refractivity contribution < 1.29 is 27.1 Å². The first-order chi connectivity index (χ1) is 14.3. The molecule has 1 atom stereocenters. The van der Waals surface area contributed by atoms with E-state index < -0.39 is 17.9 Å². The molecule has 6 nitrogen and oxygen atoms in total. The number of amides is 1. The Hall–Kier alpha value is -2.10. The number of nitrogens with one attached hydrogen (secondary N) is 3. The fraction of sp³-hybridized carbons (Fsp3) is 0.700. The highest BCUT2D eigenvalue weighted by atomic mass is 19.4. The van der Waals surface area contributed by atoms with E-state index in [0.29, 0.717) is 24.9 Å². The number of carbonyl (C=O) groups is 1. The van der Waals surface area contributed by atoms with Gasteiger partial charge in [0.05, 0.1) is 19.1 Å². The number of hydrogen-bond acceptors (Lipinski definition) is 5. The van der Waals surface area contributed by atoms with Gasteiger partial charge in [-0.1, -0.05) is 0 Å². The molecule has 1 aliphatic carbocycles. The molecule has 0 radical (unpaired) electrons. The smallest absolute Gasteiger partial charge is 0.391 e. The lowest BCUT2D eigenvalue weighted by Gasteiger charge is -2.30. The van der Waals surface area contributed by atoms with Gasteiger partial charge in [-0.05, 0) is 57.1 Å². The van der Waals surface area contributed by atoms with E-state index in [0.717, 1.165) is 19.4 Å². The van der Waals surface area contributed by atoms with Crippen LogP contribution < -0.4 is 20.7 Å². The third kappa shape index (κ3) is 5.74. The average molecular weight is 432 g/mol. The number of aromatic nitrogens is 1. The molecule has 3 N–H and O–H groups in total. The lowest BCUT2D eigenvalue weighted by molar-refractivity contribution is -0.183. The second-order valence-corrected chi connectivity index (χ2v) is 7.99. The van der Waals surface area contributed by atoms with Crippen molar-refractivity contribution in [3.8, 4) is 5.88 Å². The van der Waals surface area contributed by atoms with E-state index in [1.165, 1.54) is 13.2 Å². The topological polar surface area (TPSA) is 75.3 Å². The van der Waals surface area contributed by atoms with Crippen molar-refractivity contribution in [2.75, 3.05) is 25.5 Å². The van der Waals surface area contributed by atoms with Gasteiger partial charge >= 0.3 is 6.18 Å². The van der Waals surface area contributed by atoms with Crippen LogP contribution in [0.25, 0.3) is 0 Å². The van der Waals surface area contributed by atoms with Gasteiger partial charge < -0.3 is 20.7 Å². The van der Waals surface area contributed by atoms with E-state index >= 15 is 0 Å². The Labute approximate surface area is 173 Å². The predicted octanol–water partition coefficient (Wildman–Crippen LogP) is 3.38. The molecule has 2 fully saturated rings. The molecule has 30 heavy (non-hydrogen) atoms.